The lowest BCUT2D eigenvalue weighted by molar-refractivity contribution is -0.184. The SMILES string of the molecule is CC1(C)CN(CC2(C)COCC2N)CC(C)(C)O1. The van der Waals surface area contributed by atoms with Crippen LogP contribution in [-0.2, 0) is 9.47 Å². The van der Waals surface area contributed by atoms with Crippen molar-refractivity contribution < 1.29 is 9.47 Å². The van der Waals surface area contributed by atoms with Crippen LogP contribution in [0.4, 0.5) is 0 Å². The van der Waals surface area contributed by atoms with Crippen molar-refractivity contribution in [1.82, 2.24) is 4.90 Å². The summed E-state index contributed by atoms with van der Waals surface area (Å²) in [5, 5.41) is 0. The maximum Gasteiger partial charge on any atom is 0.0760 e. The molecule has 2 unspecified atom stereocenters. The fraction of sp³-hybridized carbons (Fsp3) is 1.00. The second-order valence-electron chi connectivity index (χ2n) is 7.54. The van der Waals surface area contributed by atoms with Crippen molar-refractivity contribution in [3.8, 4) is 0 Å². The molecule has 0 aliphatic carbocycles. The molecular weight excluding hydrogens is 228 g/mol. The minimum Gasteiger partial charge on any atom is -0.379 e. The molecule has 2 aliphatic heterocycles. The summed E-state index contributed by atoms with van der Waals surface area (Å²) >= 11 is 0. The van der Waals surface area contributed by atoms with Crippen LogP contribution in [0, 0.1) is 5.41 Å². The highest BCUT2D eigenvalue weighted by Gasteiger charge is 2.44. The van der Waals surface area contributed by atoms with Gasteiger partial charge < -0.3 is 15.2 Å². The second-order valence-corrected chi connectivity index (χ2v) is 7.54. The van der Waals surface area contributed by atoms with E-state index in [2.05, 4.69) is 39.5 Å². The average molecular weight is 256 g/mol. The molecule has 0 saturated carbocycles. The maximum absolute atomic E-state index is 6.18. The van der Waals surface area contributed by atoms with Gasteiger partial charge in [-0.25, -0.2) is 0 Å². The highest BCUT2D eigenvalue weighted by molar-refractivity contribution is 4.96. The van der Waals surface area contributed by atoms with Crippen LogP contribution in [-0.4, -0.2) is 55.0 Å². The number of hydrogen-bond acceptors (Lipinski definition) is 4. The van der Waals surface area contributed by atoms with Gasteiger partial charge in [0.05, 0.1) is 24.4 Å². The molecule has 0 aromatic carbocycles. The predicted octanol–water partition coefficient (Wildman–Crippen LogP) is 1.24. The molecule has 106 valence electrons. The molecule has 0 aromatic heterocycles. The Kier molecular flexibility index (Phi) is 3.52. The largest absolute Gasteiger partial charge is 0.379 e. The van der Waals surface area contributed by atoms with Crippen LogP contribution in [0.5, 0.6) is 0 Å². The molecule has 2 fully saturated rings. The third kappa shape index (κ3) is 3.05. The normalized spacial score (nSPS) is 40.0. The topological polar surface area (TPSA) is 47.7 Å². The molecule has 0 radical (unpaired) electrons. The van der Waals surface area contributed by atoms with E-state index in [9.17, 15) is 0 Å². The summed E-state index contributed by atoms with van der Waals surface area (Å²) in [5.74, 6) is 0. The van der Waals surface area contributed by atoms with Gasteiger partial charge in [-0.2, -0.15) is 0 Å². The highest BCUT2D eigenvalue weighted by atomic mass is 16.5. The molecule has 18 heavy (non-hydrogen) atoms. The Balaban J connectivity index is 2.05. The van der Waals surface area contributed by atoms with Gasteiger partial charge in [-0.15, -0.1) is 0 Å². The van der Waals surface area contributed by atoms with E-state index in [0.29, 0.717) is 6.61 Å². The summed E-state index contributed by atoms with van der Waals surface area (Å²) in [5.41, 5.74) is 6.06. The summed E-state index contributed by atoms with van der Waals surface area (Å²) in [6, 6.07) is 0.145. The molecule has 2 rings (SSSR count). The van der Waals surface area contributed by atoms with E-state index >= 15 is 0 Å². The van der Waals surface area contributed by atoms with E-state index in [1.54, 1.807) is 0 Å². The molecule has 4 nitrogen and oxygen atoms in total. The zero-order valence-electron chi connectivity index (χ0n) is 12.5. The molecule has 2 heterocycles. The Bertz CT molecular complexity index is 301. The summed E-state index contributed by atoms with van der Waals surface area (Å²) in [6.07, 6.45) is 0. The lowest BCUT2D eigenvalue weighted by Gasteiger charge is -2.49. The molecule has 2 atom stereocenters. The van der Waals surface area contributed by atoms with Crippen molar-refractivity contribution in [2.45, 2.75) is 51.9 Å². The fourth-order valence-corrected chi connectivity index (χ4v) is 3.46. The third-order valence-corrected chi connectivity index (χ3v) is 3.97. The van der Waals surface area contributed by atoms with Crippen molar-refractivity contribution in [2.24, 2.45) is 11.1 Å². The van der Waals surface area contributed by atoms with Gasteiger partial charge in [-0.3, -0.25) is 4.90 Å². The number of nitrogens with zero attached hydrogens (tertiary/aromatic N) is 1. The number of ether oxygens (including phenoxy) is 2. The number of rotatable bonds is 2. The summed E-state index contributed by atoms with van der Waals surface area (Å²) in [6.45, 7) is 15.2. The molecule has 2 saturated heterocycles. The maximum atomic E-state index is 6.18. The average Bonchev–Trinajstić information content (AvgIpc) is 2.40. The lowest BCUT2D eigenvalue weighted by Crippen LogP contribution is -2.60. The quantitative estimate of drug-likeness (QED) is 0.807. The van der Waals surface area contributed by atoms with Crippen LogP contribution >= 0.6 is 0 Å². The van der Waals surface area contributed by atoms with E-state index in [4.69, 9.17) is 15.2 Å². The predicted molar refractivity (Wildman–Crippen MR) is 72.6 cm³/mol. The smallest absolute Gasteiger partial charge is 0.0760 e. The van der Waals surface area contributed by atoms with Crippen LogP contribution in [0.15, 0.2) is 0 Å². The number of morpholine rings is 1. The molecule has 2 N–H and O–H groups in total. The first-order valence-electron chi connectivity index (χ1n) is 6.88. The van der Waals surface area contributed by atoms with Crippen LogP contribution in [0.2, 0.25) is 0 Å². The van der Waals surface area contributed by atoms with E-state index in [1.165, 1.54) is 0 Å². The molecular formula is C14H28N2O2. The van der Waals surface area contributed by atoms with Crippen molar-refractivity contribution in [3.05, 3.63) is 0 Å². The Morgan fingerprint density at radius 1 is 1.11 bits per heavy atom. The van der Waals surface area contributed by atoms with Gasteiger partial charge in [0.25, 0.3) is 0 Å². The van der Waals surface area contributed by atoms with Gasteiger partial charge in [-0.1, -0.05) is 6.92 Å². The Hall–Kier alpha value is -0.160. The molecule has 0 bridgehead atoms. The first kappa shape index (κ1) is 14.3. The minimum absolute atomic E-state index is 0.0729. The summed E-state index contributed by atoms with van der Waals surface area (Å²) < 4.78 is 11.6. The molecule has 0 spiro atoms. The number of nitrogens with two attached hydrogens (primary N) is 1. The fourth-order valence-electron chi connectivity index (χ4n) is 3.46. The van der Waals surface area contributed by atoms with Gasteiger partial charge in [0.15, 0.2) is 0 Å². The summed E-state index contributed by atoms with van der Waals surface area (Å²) in [4.78, 5) is 2.48. The van der Waals surface area contributed by atoms with Crippen LogP contribution in [0.3, 0.4) is 0 Å². The van der Waals surface area contributed by atoms with Crippen molar-refractivity contribution >= 4 is 0 Å². The second kappa shape index (κ2) is 4.44. The van der Waals surface area contributed by atoms with Gasteiger partial charge in [-0.05, 0) is 27.7 Å². The van der Waals surface area contributed by atoms with Crippen molar-refractivity contribution in [3.63, 3.8) is 0 Å². The van der Waals surface area contributed by atoms with Gasteiger partial charge in [0.2, 0.25) is 0 Å². The van der Waals surface area contributed by atoms with Crippen molar-refractivity contribution in [2.75, 3.05) is 32.8 Å². The first-order chi connectivity index (χ1) is 8.12. The lowest BCUT2D eigenvalue weighted by atomic mass is 9.84. The third-order valence-electron chi connectivity index (χ3n) is 3.97. The summed E-state index contributed by atoms with van der Waals surface area (Å²) in [7, 11) is 0. The van der Waals surface area contributed by atoms with Crippen LogP contribution < -0.4 is 5.73 Å². The van der Waals surface area contributed by atoms with E-state index in [-0.39, 0.29) is 22.7 Å². The van der Waals surface area contributed by atoms with Crippen molar-refractivity contribution in [1.29, 1.82) is 0 Å². The van der Waals surface area contributed by atoms with E-state index in [0.717, 1.165) is 26.2 Å². The molecule has 0 aromatic rings. The minimum atomic E-state index is -0.0956. The standard InChI is InChI=1S/C14H28N2O2/c1-12(2)7-16(8-13(3,4)18-12)9-14(5)10-17-6-11(14)15/h11H,6-10,15H2,1-5H3. The zero-order valence-corrected chi connectivity index (χ0v) is 12.5. The zero-order chi connectivity index (χ0) is 13.6. The van der Waals surface area contributed by atoms with Crippen LogP contribution in [0.1, 0.15) is 34.6 Å². The van der Waals surface area contributed by atoms with Gasteiger partial charge in [0.1, 0.15) is 0 Å². The molecule has 4 heteroatoms. The Labute approximate surface area is 111 Å². The van der Waals surface area contributed by atoms with Gasteiger partial charge in [0, 0.05) is 31.1 Å². The van der Waals surface area contributed by atoms with E-state index < -0.39 is 0 Å². The van der Waals surface area contributed by atoms with E-state index in [1.807, 2.05) is 0 Å². The first-order valence-corrected chi connectivity index (χ1v) is 6.88. The number of hydrogen-bond donors (Lipinski definition) is 1. The molecule has 0 amide bonds. The monoisotopic (exact) mass is 256 g/mol. The van der Waals surface area contributed by atoms with Crippen LogP contribution in [0.25, 0.3) is 0 Å². The Morgan fingerprint density at radius 2 is 1.67 bits per heavy atom. The van der Waals surface area contributed by atoms with Gasteiger partial charge >= 0.3 is 0 Å². The highest BCUT2D eigenvalue weighted by Crippen LogP contribution is 2.33. The molecule has 2 aliphatic rings. The Morgan fingerprint density at radius 3 is 2.11 bits per heavy atom.